The van der Waals surface area contributed by atoms with Crippen LogP contribution in [0.3, 0.4) is 0 Å². The van der Waals surface area contributed by atoms with E-state index in [0.717, 1.165) is 6.20 Å². The van der Waals surface area contributed by atoms with Crippen molar-refractivity contribution in [3.63, 3.8) is 0 Å². The van der Waals surface area contributed by atoms with Crippen LogP contribution < -0.4 is 4.90 Å². The molecule has 0 spiro atoms. The van der Waals surface area contributed by atoms with Crippen LogP contribution in [0.25, 0.3) is 11.3 Å². The molecule has 3 rings (SSSR count). The summed E-state index contributed by atoms with van der Waals surface area (Å²) in [6.45, 7) is 3.37. The molecule has 0 saturated carbocycles. The number of carboxylic acid groups (broad SMARTS) is 1. The van der Waals surface area contributed by atoms with Gasteiger partial charge >= 0.3 is 5.97 Å². The van der Waals surface area contributed by atoms with Gasteiger partial charge in [-0.2, -0.15) is 0 Å². The number of carboxylic acids is 1. The van der Waals surface area contributed by atoms with Gasteiger partial charge in [0.2, 0.25) is 0 Å². The highest BCUT2D eigenvalue weighted by molar-refractivity contribution is 5.87. The largest absolute Gasteiger partial charge is 0.476 e. The molecule has 1 aromatic carbocycles. The lowest BCUT2D eigenvalue weighted by Crippen LogP contribution is -2.65. The summed E-state index contributed by atoms with van der Waals surface area (Å²) in [7, 11) is 0. The highest BCUT2D eigenvalue weighted by Crippen LogP contribution is 2.39. The number of hydrogen-bond acceptors (Lipinski definition) is 4. The van der Waals surface area contributed by atoms with E-state index in [1.54, 1.807) is 11.8 Å². The average molecular weight is 319 g/mol. The summed E-state index contributed by atoms with van der Waals surface area (Å²) in [4.78, 5) is 21.1. The third-order valence-corrected chi connectivity index (χ3v) is 4.18. The third kappa shape index (κ3) is 2.62. The Balaban J connectivity index is 2.09. The van der Waals surface area contributed by atoms with E-state index in [-0.39, 0.29) is 12.2 Å². The third-order valence-electron chi connectivity index (χ3n) is 4.18. The number of hydrogen-bond donors (Lipinski definition) is 1. The first-order valence-corrected chi connectivity index (χ1v) is 7.11. The molecule has 0 aliphatic carbocycles. The van der Waals surface area contributed by atoms with E-state index in [1.807, 2.05) is 0 Å². The fourth-order valence-corrected chi connectivity index (χ4v) is 2.57. The van der Waals surface area contributed by atoms with E-state index < -0.39 is 23.5 Å². The number of rotatable bonds is 3. The molecule has 7 heteroatoms. The zero-order valence-corrected chi connectivity index (χ0v) is 12.6. The summed E-state index contributed by atoms with van der Waals surface area (Å²) in [6.07, 6.45) is 1.14. The second kappa shape index (κ2) is 5.26. The first-order valence-electron chi connectivity index (χ1n) is 7.11. The van der Waals surface area contributed by atoms with Crippen LogP contribution in [-0.2, 0) is 0 Å². The Kier molecular flexibility index (Phi) is 3.50. The highest BCUT2D eigenvalue weighted by Gasteiger charge is 2.48. The molecule has 5 nitrogen and oxygen atoms in total. The first kappa shape index (κ1) is 15.3. The van der Waals surface area contributed by atoms with Crippen LogP contribution >= 0.6 is 0 Å². The van der Waals surface area contributed by atoms with Gasteiger partial charge in [-0.3, -0.25) is 0 Å². The van der Waals surface area contributed by atoms with Crippen LogP contribution in [-0.4, -0.2) is 39.3 Å². The summed E-state index contributed by atoms with van der Waals surface area (Å²) < 4.78 is 27.2. The number of nitrogens with zero attached hydrogens (tertiary/aromatic N) is 3. The predicted octanol–water partition coefficient (Wildman–Crippen LogP) is 2.92. The lowest BCUT2D eigenvalue weighted by atomic mass is 9.88. The zero-order chi connectivity index (χ0) is 16.8. The highest BCUT2D eigenvalue weighted by atomic mass is 19.1. The monoisotopic (exact) mass is 319 g/mol. The maximum atomic E-state index is 14.1. The molecule has 2 aromatic rings. The summed E-state index contributed by atoms with van der Waals surface area (Å²) in [5.74, 6) is -1.23. The number of carbonyl (C=O) groups is 1. The molecule has 1 N–H and O–H groups in total. The summed E-state index contributed by atoms with van der Waals surface area (Å²) in [5.41, 5.74) is -0.735. The maximum absolute atomic E-state index is 14.1. The molecule has 1 saturated heterocycles. The second-order valence-electron chi connectivity index (χ2n) is 5.82. The topological polar surface area (TPSA) is 66.3 Å². The minimum Gasteiger partial charge on any atom is -0.476 e. The number of anilines is 1. The van der Waals surface area contributed by atoms with Crippen molar-refractivity contribution in [2.75, 3.05) is 11.4 Å². The van der Waals surface area contributed by atoms with Gasteiger partial charge in [0.25, 0.3) is 0 Å². The van der Waals surface area contributed by atoms with Crippen molar-refractivity contribution in [3.05, 3.63) is 42.0 Å². The minimum absolute atomic E-state index is 0.142. The fourth-order valence-electron chi connectivity index (χ4n) is 2.57. The van der Waals surface area contributed by atoms with Gasteiger partial charge in [0.05, 0.1) is 18.8 Å². The molecule has 0 unspecified atom stereocenters. The molecular weight excluding hydrogens is 304 g/mol. The van der Waals surface area contributed by atoms with Crippen LogP contribution in [0, 0.1) is 5.82 Å². The Labute approximate surface area is 131 Å². The Bertz CT molecular complexity index is 762. The number of alkyl halides is 1. The van der Waals surface area contributed by atoms with Gasteiger partial charge in [0, 0.05) is 5.56 Å². The number of aromatic carboxylic acids is 1. The van der Waals surface area contributed by atoms with Gasteiger partial charge in [-0.25, -0.2) is 23.5 Å². The van der Waals surface area contributed by atoms with Crippen molar-refractivity contribution >= 4 is 11.8 Å². The summed E-state index contributed by atoms with van der Waals surface area (Å²) in [5, 5.41) is 9.10. The van der Waals surface area contributed by atoms with Crippen molar-refractivity contribution < 1.29 is 18.7 Å². The average Bonchev–Trinajstić information content (AvgIpc) is 2.52. The standard InChI is InChI=1S/C16H15F2N3O2/c1-9-16(2,18)8-21(9)14-13(10-3-5-11(17)6-4-10)20-12(7-19-14)15(22)23/h3-7,9H,8H2,1-2H3,(H,22,23)/t9-,16-/m1/s1. The predicted molar refractivity (Wildman–Crippen MR) is 80.7 cm³/mol. The fraction of sp³-hybridized carbons (Fsp3) is 0.312. The molecule has 2 atom stereocenters. The molecule has 0 radical (unpaired) electrons. The van der Waals surface area contributed by atoms with Gasteiger partial charge < -0.3 is 10.0 Å². The Hall–Kier alpha value is -2.57. The molecule has 1 aliphatic rings. The lowest BCUT2D eigenvalue weighted by Gasteiger charge is -2.50. The Morgan fingerprint density at radius 2 is 2.04 bits per heavy atom. The molecule has 1 aromatic heterocycles. The first-order chi connectivity index (χ1) is 10.8. The van der Waals surface area contributed by atoms with Crippen molar-refractivity contribution in [1.82, 2.24) is 9.97 Å². The summed E-state index contributed by atoms with van der Waals surface area (Å²) in [6, 6.07) is 5.09. The minimum atomic E-state index is -1.34. The van der Waals surface area contributed by atoms with Crippen molar-refractivity contribution in [2.24, 2.45) is 0 Å². The zero-order valence-electron chi connectivity index (χ0n) is 12.6. The smallest absolute Gasteiger partial charge is 0.356 e. The van der Waals surface area contributed by atoms with Gasteiger partial charge in [-0.15, -0.1) is 0 Å². The molecule has 0 amide bonds. The summed E-state index contributed by atoms with van der Waals surface area (Å²) >= 11 is 0. The normalized spacial score (nSPS) is 23.5. The van der Waals surface area contributed by atoms with Crippen LogP contribution in [0.4, 0.5) is 14.6 Å². The molecule has 2 heterocycles. The van der Waals surface area contributed by atoms with E-state index in [9.17, 15) is 13.6 Å². The number of halogens is 2. The van der Waals surface area contributed by atoms with Gasteiger partial charge in [0.15, 0.2) is 11.5 Å². The molecule has 0 bridgehead atoms. The van der Waals surface area contributed by atoms with Crippen LogP contribution in [0.1, 0.15) is 24.3 Å². The van der Waals surface area contributed by atoms with Crippen LogP contribution in [0.15, 0.2) is 30.5 Å². The van der Waals surface area contributed by atoms with Crippen LogP contribution in [0.2, 0.25) is 0 Å². The quantitative estimate of drug-likeness (QED) is 0.942. The molecule has 1 fully saturated rings. The van der Waals surface area contributed by atoms with Gasteiger partial charge in [0.1, 0.15) is 17.2 Å². The number of benzene rings is 1. The SMILES string of the molecule is C[C@H]1N(c2ncc(C(=O)O)nc2-c2ccc(F)cc2)C[C@@]1(C)F. The van der Waals surface area contributed by atoms with E-state index in [4.69, 9.17) is 5.11 Å². The van der Waals surface area contributed by atoms with Crippen molar-refractivity contribution in [1.29, 1.82) is 0 Å². The maximum Gasteiger partial charge on any atom is 0.356 e. The Morgan fingerprint density at radius 3 is 2.57 bits per heavy atom. The van der Waals surface area contributed by atoms with Crippen LogP contribution in [0.5, 0.6) is 0 Å². The Morgan fingerprint density at radius 1 is 1.39 bits per heavy atom. The van der Waals surface area contributed by atoms with Crippen molar-refractivity contribution in [2.45, 2.75) is 25.6 Å². The number of aromatic nitrogens is 2. The van der Waals surface area contributed by atoms with E-state index in [0.29, 0.717) is 17.1 Å². The van der Waals surface area contributed by atoms with E-state index in [1.165, 1.54) is 31.2 Å². The second-order valence-corrected chi connectivity index (χ2v) is 5.82. The molecular formula is C16H15F2N3O2. The molecule has 1 aliphatic heterocycles. The van der Waals surface area contributed by atoms with E-state index >= 15 is 0 Å². The van der Waals surface area contributed by atoms with E-state index in [2.05, 4.69) is 9.97 Å². The van der Waals surface area contributed by atoms with Gasteiger partial charge in [-0.1, -0.05) is 0 Å². The molecule has 120 valence electrons. The lowest BCUT2D eigenvalue weighted by molar-refractivity contribution is 0.0689. The molecule has 23 heavy (non-hydrogen) atoms. The van der Waals surface area contributed by atoms with Gasteiger partial charge in [-0.05, 0) is 38.1 Å². The van der Waals surface area contributed by atoms with Crippen molar-refractivity contribution in [3.8, 4) is 11.3 Å².